The summed E-state index contributed by atoms with van der Waals surface area (Å²) in [5, 5.41) is 15.5. The number of nitrogens with zero attached hydrogens (tertiary/aromatic N) is 3. The highest BCUT2D eigenvalue weighted by atomic mass is 32.2. The standard InChI is InChI=1S/C29H35N5O4S/c1-32-17-19-33(20-18-32)16-6-15-30-39(37,38)24-13-14-27(28(21-24)34(35)36)31-29-25-9-4-2-7-22(25)11-12-23-8-3-5-10-26(23)29/h2-5,7-10,13-14,21,29-31H,6,11-12,15-20H2,1H3. The Morgan fingerprint density at radius 1 is 0.923 bits per heavy atom. The molecule has 9 nitrogen and oxygen atoms in total. The molecule has 2 N–H and O–H groups in total. The topological polar surface area (TPSA) is 108 Å². The van der Waals surface area contributed by atoms with Crippen molar-refractivity contribution in [1.29, 1.82) is 0 Å². The Bertz CT molecular complexity index is 1390. The minimum atomic E-state index is -3.89. The highest BCUT2D eigenvalue weighted by Crippen LogP contribution is 2.38. The molecule has 2 aliphatic rings. The molecule has 0 aromatic heterocycles. The molecular formula is C29H35N5O4S. The van der Waals surface area contributed by atoms with Gasteiger partial charge in [0.15, 0.2) is 0 Å². The van der Waals surface area contributed by atoms with Gasteiger partial charge in [-0.25, -0.2) is 13.1 Å². The lowest BCUT2D eigenvalue weighted by Crippen LogP contribution is -2.45. The van der Waals surface area contributed by atoms with Crippen LogP contribution in [-0.4, -0.2) is 69.5 Å². The number of aryl methyl sites for hydroxylation is 2. The summed E-state index contributed by atoms with van der Waals surface area (Å²) >= 11 is 0. The van der Waals surface area contributed by atoms with Crippen molar-refractivity contribution in [3.05, 3.63) is 99.1 Å². The van der Waals surface area contributed by atoms with Crippen LogP contribution in [0.5, 0.6) is 0 Å². The highest BCUT2D eigenvalue weighted by molar-refractivity contribution is 7.89. The minimum Gasteiger partial charge on any atom is -0.369 e. The zero-order valence-electron chi connectivity index (χ0n) is 22.2. The number of benzene rings is 3. The van der Waals surface area contributed by atoms with Crippen molar-refractivity contribution in [3.63, 3.8) is 0 Å². The molecule has 0 saturated carbocycles. The van der Waals surface area contributed by atoms with E-state index in [1.165, 1.54) is 23.3 Å². The van der Waals surface area contributed by atoms with E-state index in [-0.39, 0.29) is 28.9 Å². The third kappa shape index (κ3) is 6.30. The van der Waals surface area contributed by atoms with Gasteiger partial charge in [-0.15, -0.1) is 0 Å². The monoisotopic (exact) mass is 549 g/mol. The van der Waals surface area contributed by atoms with E-state index in [4.69, 9.17) is 0 Å². The van der Waals surface area contributed by atoms with Gasteiger partial charge < -0.3 is 15.1 Å². The lowest BCUT2D eigenvalue weighted by atomic mass is 9.94. The molecule has 3 aromatic carbocycles. The summed E-state index contributed by atoms with van der Waals surface area (Å²) in [6, 6.07) is 20.0. The smallest absolute Gasteiger partial charge is 0.293 e. The number of anilines is 1. The van der Waals surface area contributed by atoms with Crippen molar-refractivity contribution in [2.75, 3.05) is 51.6 Å². The lowest BCUT2D eigenvalue weighted by Gasteiger charge is -2.32. The number of rotatable bonds is 9. The van der Waals surface area contributed by atoms with Crippen molar-refractivity contribution < 1.29 is 13.3 Å². The molecule has 0 radical (unpaired) electrons. The molecule has 0 spiro atoms. The molecule has 1 aliphatic carbocycles. The fourth-order valence-corrected chi connectivity index (χ4v) is 6.54. The molecule has 0 unspecified atom stereocenters. The number of hydrogen-bond acceptors (Lipinski definition) is 7. The maximum absolute atomic E-state index is 13.0. The SMILES string of the molecule is CN1CCN(CCCNS(=O)(=O)c2ccc(NC3c4ccccc4CCc4ccccc43)c([N+](=O)[O-])c2)CC1. The summed E-state index contributed by atoms with van der Waals surface area (Å²) in [4.78, 5) is 16.1. The second kappa shape index (κ2) is 11.8. The summed E-state index contributed by atoms with van der Waals surface area (Å²) in [5.74, 6) is 0. The summed E-state index contributed by atoms with van der Waals surface area (Å²) < 4.78 is 28.6. The predicted molar refractivity (Wildman–Crippen MR) is 153 cm³/mol. The molecule has 5 rings (SSSR count). The van der Waals surface area contributed by atoms with E-state index in [1.54, 1.807) is 0 Å². The number of hydrogen-bond donors (Lipinski definition) is 2. The van der Waals surface area contributed by atoms with Gasteiger partial charge in [0.2, 0.25) is 10.0 Å². The lowest BCUT2D eigenvalue weighted by molar-refractivity contribution is -0.384. The van der Waals surface area contributed by atoms with E-state index < -0.39 is 14.9 Å². The molecular weight excluding hydrogens is 514 g/mol. The van der Waals surface area contributed by atoms with Crippen LogP contribution in [0.4, 0.5) is 11.4 Å². The van der Waals surface area contributed by atoms with Crippen molar-refractivity contribution in [2.24, 2.45) is 0 Å². The summed E-state index contributed by atoms with van der Waals surface area (Å²) in [5.41, 5.74) is 4.52. The first-order valence-corrected chi connectivity index (χ1v) is 14.9. The molecule has 0 bridgehead atoms. The van der Waals surface area contributed by atoms with Gasteiger partial charge in [-0.3, -0.25) is 10.1 Å². The molecule has 0 atom stereocenters. The number of sulfonamides is 1. The number of likely N-dealkylation sites (N-methyl/N-ethyl adjacent to an activating group) is 1. The molecule has 0 amide bonds. The molecule has 1 fully saturated rings. The Morgan fingerprint density at radius 2 is 1.54 bits per heavy atom. The predicted octanol–water partition coefficient (Wildman–Crippen LogP) is 3.81. The van der Waals surface area contributed by atoms with E-state index in [2.05, 4.69) is 39.0 Å². The second-order valence-corrected chi connectivity index (χ2v) is 12.1. The Hall–Kier alpha value is -3.31. The summed E-state index contributed by atoms with van der Waals surface area (Å²) in [7, 11) is -1.79. The normalized spacial score (nSPS) is 16.7. The van der Waals surface area contributed by atoms with Crippen LogP contribution in [0.15, 0.2) is 71.6 Å². The van der Waals surface area contributed by atoms with Crippen molar-refractivity contribution in [3.8, 4) is 0 Å². The van der Waals surface area contributed by atoms with Gasteiger partial charge in [0, 0.05) is 38.8 Å². The van der Waals surface area contributed by atoms with Crippen LogP contribution in [0.2, 0.25) is 0 Å². The van der Waals surface area contributed by atoms with E-state index in [1.807, 2.05) is 36.4 Å². The van der Waals surface area contributed by atoms with E-state index in [9.17, 15) is 18.5 Å². The molecule has 10 heteroatoms. The van der Waals surface area contributed by atoms with Crippen molar-refractivity contribution >= 4 is 21.4 Å². The fraction of sp³-hybridized carbons (Fsp3) is 0.379. The van der Waals surface area contributed by atoms with Gasteiger partial charge in [-0.05, 0) is 67.2 Å². The molecule has 206 valence electrons. The number of nitrogens with one attached hydrogen (secondary N) is 2. The third-order valence-corrected chi connectivity index (χ3v) is 9.17. The van der Waals surface area contributed by atoms with E-state index in [0.29, 0.717) is 6.42 Å². The number of fused-ring (bicyclic) bond motifs is 2. The number of nitro groups is 1. The van der Waals surface area contributed by atoms with E-state index in [0.717, 1.165) is 62.8 Å². The Labute approximate surface area is 230 Å². The van der Waals surface area contributed by atoms with Gasteiger partial charge in [-0.2, -0.15) is 0 Å². The summed E-state index contributed by atoms with van der Waals surface area (Å²) in [6.07, 6.45) is 2.43. The zero-order valence-corrected chi connectivity index (χ0v) is 23.0. The molecule has 1 aliphatic heterocycles. The van der Waals surface area contributed by atoms with Crippen LogP contribution >= 0.6 is 0 Å². The highest BCUT2D eigenvalue weighted by Gasteiger charge is 2.27. The Balaban J connectivity index is 1.34. The van der Waals surface area contributed by atoms with Crippen molar-refractivity contribution in [1.82, 2.24) is 14.5 Å². The van der Waals surface area contributed by atoms with Gasteiger partial charge in [0.05, 0.1) is 15.9 Å². The van der Waals surface area contributed by atoms with Gasteiger partial charge in [0.25, 0.3) is 5.69 Å². The van der Waals surface area contributed by atoms with Crippen LogP contribution in [-0.2, 0) is 22.9 Å². The molecule has 3 aromatic rings. The number of piperazine rings is 1. The van der Waals surface area contributed by atoms with Gasteiger partial charge in [0.1, 0.15) is 5.69 Å². The maximum Gasteiger partial charge on any atom is 0.293 e. The minimum absolute atomic E-state index is 0.110. The first kappa shape index (κ1) is 27.3. The van der Waals surface area contributed by atoms with E-state index >= 15 is 0 Å². The number of nitro benzene ring substituents is 1. The Morgan fingerprint density at radius 3 is 2.15 bits per heavy atom. The molecule has 1 heterocycles. The third-order valence-electron chi connectivity index (χ3n) is 7.71. The second-order valence-electron chi connectivity index (χ2n) is 10.3. The quantitative estimate of drug-likeness (QED) is 0.237. The average Bonchev–Trinajstić information content (AvgIpc) is 3.09. The molecule has 1 saturated heterocycles. The van der Waals surface area contributed by atoms with Gasteiger partial charge in [-0.1, -0.05) is 48.5 Å². The fourth-order valence-electron chi connectivity index (χ4n) is 5.45. The largest absolute Gasteiger partial charge is 0.369 e. The summed E-state index contributed by atoms with van der Waals surface area (Å²) in [6.45, 7) is 5.04. The Kier molecular flexibility index (Phi) is 8.27. The van der Waals surface area contributed by atoms with Crippen LogP contribution in [0.25, 0.3) is 0 Å². The maximum atomic E-state index is 13.0. The van der Waals surface area contributed by atoms with Crippen LogP contribution in [0.1, 0.15) is 34.7 Å². The van der Waals surface area contributed by atoms with Crippen molar-refractivity contribution in [2.45, 2.75) is 30.2 Å². The van der Waals surface area contributed by atoms with Crippen LogP contribution in [0.3, 0.4) is 0 Å². The van der Waals surface area contributed by atoms with Crippen LogP contribution in [0, 0.1) is 10.1 Å². The molecule has 39 heavy (non-hydrogen) atoms. The van der Waals surface area contributed by atoms with Gasteiger partial charge >= 0.3 is 0 Å². The first-order chi connectivity index (χ1) is 18.8. The average molecular weight is 550 g/mol. The van der Waals surface area contributed by atoms with Crippen LogP contribution < -0.4 is 10.0 Å². The first-order valence-electron chi connectivity index (χ1n) is 13.4. The zero-order chi connectivity index (χ0) is 27.4.